The summed E-state index contributed by atoms with van der Waals surface area (Å²) in [7, 11) is 0. The summed E-state index contributed by atoms with van der Waals surface area (Å²) in [6, 6.07) is 17.6. The average Bonchev–Trinajstić information content (AvgIpc) is 2.82. The zero-order valence-electron chi connectivity index (χ0n) is 15.3. The highest BCUT2D eigenvalue weighted by Crippen LogP contribution is 2.51. The van der Waals surface area contributed by atoms with Crippen LogP contribution in [-0.4, -0.2) is 6.69 Å². The molecule has 0 radical (unpaired) electrons. The van der Waals surface area contributed by atoms with Gasteiger partial charge in [0.25, 0.3) is 0 Å². The molecular formula is C22H24Cl2Si. The third-order valence-corrected chi connectivity index (χ3v) is 11.0. The first kappa shape index (κ1) is 18.5. The quantitative estimate of drug-likeness (QED) is 0.389. The molecule has 25 heavy (non-hydrogen) atoms. The normalized spacial score (nSPS) is 16.7. The fourth-order valence-corrected chi connectivity index (χ4v) is 6.37. The van der Waals surface area contributed by atoms with Crippen LogP contribution in [0.25, 0.3) is 11.1 Å². The van der Waals surface area contributed by atoms with Gasteiger partial charge in [-0.25, -0.2) is 0 Å². The van der Waals surface area contributed by atoms with Crippen LogP contribution in [0.3, 0.4) is 0 Å². The monoisotopic (exact) mass is 386 g/mol. The minimum Gasteiger partial charge on any atom is -0.134 e. The van der Waals surface area contributed by atoms with Gasteiger partial charge in [-0.05, 0) is 70.5 Å². The molecule has 0 amide bonds. The van der Waals surface area contributed by atoms with E-state index in [0.29, 0.717) is 0 Å². The van der Waals surface area contributed by atoms with Gasteiger partial charge in [-0.1, -0.05) is 62.4 Å². The summed E-state index contributed by atoms with van der Waals surface area (Å²) in [5.74, 6) is 0. The van der Waals surface area contributed by atoms with Crippen LogP contribution in [0.2, 0.25) is 0 Å². The third kappa shape index (κ3) is 3.26. The minimum atomic E-state index is -2.58. The lowest BCUT2D eigenvalue weighted by Crippen LogP contribution is -2.21. The van der Waals surface area contributed by atoms with Crippen molar-refractivity contribution in [2.75, 3.05) is 0 Å². The van der Waals surface area contributed by atoms with Crippen molar-refractivity contribution in [2.24, 2.45) is 0 Å². The summed E-state index contributed by atoms with van der Waals surface area (Å²) < 4.78 is 0. The number of allylic oxidation sites excluding steroid dienone is 4. The van der Waals surface area contributed by atoms with Crippen molar-refractivity contribution in [3.8, 4) is 0 Å². The Kier molecular flexibility index (Phi) is 5.29. The Morgan fingerprint density at radius 3 is 1.24 bits per heavy atom. The van der Waals surface area contributed by atoms with Crippen molar-refractivity contribution >= 4 is 40.0 Å². The third-order valence-electron chi connectivity index (χ3n) is 5.24. The van der Waals surface area contributed by atoms with E-state index >= 15 is 0 Å². The zero-order chi connectivity index (χ0) is 18.2. The van der Waals surface area contributed by atoms with Gasteiger partial charge in [0, 0.05) is 0 Å². The maximum atomic E-state index is 6.86. The highest BCUT2D eigenvalue weighted by atomic mass is 35.7. The summed E-state index contributed by atoms with van der Waals surface area (Å²) in [5, 5.41) is 2.29. The first-order valence-corrected chi connectivity index (χ1v) is 12.9. The van der Waals surface area contributed by atoms with Gasteiger partial charge in [0.2, 0.25) is 0 Å². The predicted molar refractivity (Wildman–Crippen MR) is 114 cm³/mol. The molecule has 2 aromatic carbocycles. The van der Waals surface area contributed by atoms with Crippen LogP contribution in [0, 0.1) is 0 Å². The number of rotatable bonds is 4. The number of benzene rings is 2. The molecule has 1 aliphatic rings. The van der Waals surface area contributed by atoms with E-state index in [9.17, 15) is 0 Å². The standard InChI is InChI=1S/C22H24Cl2Si/c1-5-17-7-11-19(12-8-17)21-15(3)25(23,24)16(4)22(21)20-13-9-18(6-2)10-14-20/h7-14H,5-6H2,1-4H3. The van der Waals surface area contributed by atoms with Crippen LogP contribution < -0.4 is 0 Å². The summed E-state index contributed by atoms with van der Waals surface area (Å²) in [6.07, 6.45) is 2.09. The van der Waals surface area contributed by atoms with Crippen molar-refractivity contribution < 1.29 is 0 Å². The molecule has 1 heterocycles. The molecular weight excluding hydrogens is 363 g/mol. The Morgan fingerprint density at radius 1 is 0.640 bits per heavy atom. The first-order valence-electron chi connectivity index (χ1n) is 8.89. The summed E-state index contributed by atoms with van der Waals surface area (Å²) in [6.45, 7) is 5.98. The van der Waals surface area contributed by atoms with E-state index in [-0.39, 0.29) is 0 Å². The Hall–Kier alpha value is -1.28. The van der Waals surface area contributed by atoms with Crippen molar-refractivity contribution in [1.29, 1.82) is 0 Å². The Balaban J connectivity index is 2.16. The van der Waals surface area contributed by atoms with Gasteiger partial charge < -0.3 is 0 Å². The molecule has 0 aromatic heterocycles. The minimum absolute atomic E-state index is 1.04. The second-order valence-corrected chi connectivity index (χ2v) is 13.3. The van der Waals surface area contributed by atoms with Crippen molar-refractivity contribution in [1.82, 2.24) is 0 Å². The highest BCUT2D eigenvalue weighted by molar-refractivity contribution is 7.52. The van der Waals surface area contributed by atoms with Gasteiger partial charge in [-0.15, -0.1) is 22.2 Å². The maximum Gasteiger partial charge on any atom is 0.303 e. The smallest absolute Gasteiger partial charge is 0.134 e. The van der Waals surface area contributed by atoms with E-state index in [1.165, 1.54) is 33.4 Å². The van der Waals surface area contributed by atoms with Gasteiger partial charge in [0.05, 0.1) is 0 Å². The van der Waals surface area contributed by atoms with Gasteiger partial charge in [-0.2, -0.15) is 0 Å². The van der Waals surface area contributed by atoms with E-state index in [2.05, 4.69) is 76.2 Å². The molecule has 0 bridgehead atoms. The molecule has 1 aliphatic heterocycles. The van der Waals surface area contributed by atoms with Crippen LogP contribution in [0.15, 0.2) is 58.9 Å². The Labute approximate surface area is 161 Å². The van der Waals surface area contributed by atoms with Crippen LogP contribution in [0.1, 0.15) is 49.9 Å². The van der Waals surface area contributed by atoms with E-state index in [4.69, 9.17) is 22.2 Å². The number of aryl methyl sites for hydroxylation is 2. The molecule has 3 heteroatoms. The van der Waals surface area contributed by atoms with Crippen LogP contribution >= 0.6 is 22.2 Å². The SMILES string of the molecule is CCc1ccc(C2=C(C)[Si](Cl)(Cl)C(C)=C2c2ccc(CC)cc2)cc1. The molecule has 0 unspecified atom stereocenters. The summed E-state index contributed by atoms with van der Waals surface area (Å²) >= 11 is 13.7. The van der Waals surface area contributed by atoms with E-state index < -0.39 is 6.69 Å². The van der Waals surface area contributed by atoms with Crippen molar-refractivity contribution in [3.05, 3.63) is 81.2 Å². The molecule has 0 saturated carbocycles. The molecule has 0 spiro atoms. The fourth-order valence-electron chi connectivity index (χ4n) is 3.51. The van der Waals surface area contributed by atoms with Crippen LogP contribution in [-0.2, 0) is 12.8 Å². The van der Waals surface area contributed by atoms with E-state index in [0.717, 1.165) is 23.2 Å². The highest BCUT2D eigenvalue weighted by Gasteiger charge is 2.43. The van der Waals surface area contributed by atoms with Crippen LogP contribution in [0.5, 0.6) is 0 Å². The van der Waals surface area contributed by atoms with E-state index in [1.807, 2.05) is 0 Å². The summed E-state index contributed by atoms with van der Waals surface area (Å²) in [5.41, 5.74) is 7.55. The van der Waals surface area contributed by atoms with Crippen molar-refractivity contribution in [3.63, 3.8) is 0 Å². The molecule has 3 rings (SSSR count). The maximum absolute atomic E-state index is 6.86. The predicted octanol–water partition coefficient (Wildman–Crippen LogP) is 7.07. The Morgan fingerprint density at radius 2 is 0.960 bits per heavy atom. The second kappa shape index (κ2) is 7.15. The lowest BCUT2D eigenvalue weighted by molar-refractivity contribution is 1.14. The number of hydrogen-bond donors (Lipinski definition) is 0. The summed E-state index contributed by atoms with van der Waals surface area (Å²) in [4.78, 5) is 0. The van der Waals surface area contributed by atoms with Gasteiger partial charge >= 0.3 is 6.69 Å². The molecule has 0 N–H and O–H groups in total. The van der Waals surface area contributed by atoms with Gasteiger partial charge in [0.1, 0.15) is 0 Å². The molecule has 2 aromatic rings. The van der Waals surface area contributed by atoms with Crippen LogP contribution in [0.4, 0.5) is 0 Å². The second-order valence-electron chi connectivity index (χ2n) is 6.68. The molecule has 0 aliphatic carbocycles. The lowest BCUT2D eigenvalue weighted by atomic mass is 9.91. The molecule has 0 fully saturated rings. The fraction of sp³-hybridized carbons (Fsp3) is 0.273. The Bertz CT molecular complexity index is 769. The first-order chi connectivity index (χ1) is 11.9. The van der Waals surface area contributed by atoms with Gasteiger partial charge in [0.15, 0.2) is 0 Å². The lowest BCUT2D eigenvalue weighted by Gasteiger charge is -2.13. The topological polar surface area (TPSA) is 0 Å². The number of hydrogen-bond acceptors (Lipinski definition) is 0. The molecule has 0 atom stereocenters. The van der Waals surface area contributed by atoms with Gasteiger partial charge in [-0.3, -0.25) is 0 Å². The number of halogens is 2. The molecule has 0 saturated heterocycles. The van der Waals surface area contributed by atoms with Crippen molar-refractivity contribution in [2.45, 2.75) is 40.5 Å². The average molecular weight is 387 g/mol. The molecule has 0 nitrogen and oxygen atoms in total. The molecule has 130 valence electrons. The van der Waals surface area contributed by atoms with E-state index in [1.54, 1.807) is 0 Å². The largest absolute Gasteiger partial charge is 0.303 e. The zero-order valence-corrected chi connectivity index (χ0v) is 17.8.